The van der Waals surface area contributed by atoms with E-state index in [2.05, 4.69) is 52.8 Å². The van der Waals surface area contributed by atoms with E-state index in [0.29, 0.717) is 25.2 Å². The van der Waals surface area contributed by atoms with Gasteiger partial charge in [0, 0.05) is 37.3 Å². The molecule has 0 radical (unpaired) electrons. The molecule has 0 fully saturated rings. The summed E-state index contributed by atoms with van der Waals surface area (Å²) in [4.78, 5) is 31.2. The molecule has 0 bridgehead atoms. The summed E-state index contributed by atoms with van der Waals surface area (Å²) in [6.07, 6.45) is 2.01. The Morgan fingerprint density at radius 3 is 1.79 bits per heavy atom. The van der Waals surface area contributed by atoms with Crippen LogP contribution in [-0.4, -0.2) is 36.6 Å². The smallest absolute Gasteiger partial charge is 0.335 e. The maximum Gasteiger partial charge on any atom is 0.335 e. The molecule has 0 aliphatic carbocycles. The Balaban J connectivity index is 1.64. The number of hydrogen-bond acceptors (Lipinski definition) is 4. The fourth-order valence-corrected chi connectivity index (χ4v) is 5.35. The van der Waals surface area contributed by atoms with Crippen LogP contribution in [-0.2, 0) is 26.2 Å². The summed E-state index contributed by atoms with van der Waals surface area (Å²) in [6, 6.07) is 34.8. The number of carboxylic acids is 2. The Morgan fingerprint density at radius 2 is 1.23 bits per heavy atom. The fraction of sp³-hybridized carbons (Fsp3) is 0.194. The summed E-state index contributed by atoms with van der Waals surface area (Å²) in [5.41, 5.74) is 5.65. The Morgan fingerprint density at radius 1 is 0.698 bits per heavy atom. The fourth-order valence-electron chi connectivity index (χ4n) is 5.35. The molecule has 218 valence electrons. The van der Waals surface area contributed by atoms with E-state index in [4.69, 9.17) is 4.98 Å². The zero-order chi connectivity index (χ0) is 30.2. The van der Waals surface area contributed by atoms with E-state index in [0.717, 1.165) is 53.3 Å². The van der Waals surface area contributed by atoms with Crippen LogP contribution in [0.2, 0.25) is 0 Å². The van der Waals surface area contributed by atoms with E-state index in [1.807, 2.05) is 54.6 Å². The predicted molar refractivity (Wildman–Crippen MR) is 168 cm³/mol. The molecule has 0 unspecified atom stereocenters. The first kappa shape index (κ1) is 29.5. The highest BCUT2D eigenvalue weighted by molar-refractivity contribution is 5.94. The van der Waals surface area contributed by atoms with E-state index in [-0.39, 0.29) is 11.1 Å². The molecule has 0 spiro atoms. The zero-order valence-corrected chi connectivity index (χ0v) is 24.2. The summed E-state index contributed by atoms with van der Waals surface area (Å²) >= 11 is 0. The van der Waals surface area contributed by atoms with Crippen molar-refractivity contribution in [2.45, 2.75) is 45.9 Å². The summed E-state index contributed by atoms with van der Waals surface area (Å²) in [5, 5.41) is 19.4. The summed E-state index contributed by atoms with van der Waals surface area (Å²) in [7, 11) is 0. The number of aromatic nitrogens is 2. The van der Waals surface area contributed by atoms with Gasteiger partial charge in [0.25, 0.3) is 0 Å². The lowest BCUT2D eigenvalue weighted by Gasteiger charge is -2.25. The van der Waals surface area contributed by atoms with E-state index in [1.54, 1.807) is 12.1 Å². The van der Waals surface area contributed by atoms with Crippen molar-refractivity contribution in [3.05, 3.63) is 137 Å². The number of nitrogens with zero attached hydrogens (tertiary/aromatic N) is 3. The molecule has 0 aliphatic heterocycles. The number of rotatable bonds is 13. The lowest BCUT2D eigenvalue weighted by atomic mass is 10.0. The third-order valence-corrected chi connectivity index (χ3v) is 7.40. The van der Waals surface area contributed by atoms with Crippen molar-refractivity contribution in [1.82, 2.24) is 14.5 Å². The highest BCUT2D eigenvalue weighted by Gasteiger charge is 2.23. The number of aromatic carboxylic acids is 2. The minimum atomic E-state index is -1.16. The van der Waals surface area contributed by atoms with Gasteiger partial charge in [-0.05, 0) is 35.7 Å². The van der Waals surface area contributed by atoms with Gasteiger partial charge in [0.15, 0.2) is 0 Å². The minimum Gasteiger partial charge on any atom is -0.478 e. The maximum absolute atomic E-state index is 11.9. The van der Waals surface area contributed by atoms with Gasteiger partial charge in [0.1, 0.15) is 5.82 Å². The van der Waals surface area contributed by atoms with Crippen LogP contribution in [0.5, 0.6) is 0 Å². The first-order valence-electron chi connectivity index (χ1n) is 14.5. The molecule has 5 rings (SSSR count). The van der Waals surface area contributed by atoms with Crippen molar-refractivity contribution in [3.8, 4) is 22.6 Å². The largest absolute Gasteiger partial charge is 0.478 e. The van der Waals surface area contributed by atoms with Gasteiger partial charge in [-0.3, -0.25) is 4.90 Å². The monoisotopic (exact) mass is 573 g/mol. The van der Waals surface area contributed by atoms with Gasteiger partial charge >= 0.3 is 11.9 Å². The molecule has 43 heavy (non-hydrogen) atoms. The maximum atomic E-state index is 11.9. The molecule has 7 heteroatoms. The van der Waals surface area contributed by atoms with E-state index in [9.17, 15) is 19.8 Å². The summed E-state index contributed by atoms with van der Waals surface area (Å²) in [6.45, 7) is 4.42. The van der Waals surface area contributed by atoms with E-state index >= 15 is 0 Å². The SMILES string of the molecule is CCCCn1c(-c2ccccc2)nc(-c2ccccc2)c1CN(Cc1ccccc1)Cc1cc(C(=O)O)cc(C(=O)O)c1. The number of unbranched alkanes of at least 4 members (excludes halogenated alkanes) is 1. The van der Waals surface area contributed by atoms with Crippen LogP contribution >= 0.6 is 0 Å². The Kier molecular flexibility index (Phi) is 9.44. The van der Waals surface area contributed by atoms with Crippen LogP contribution in [0.4, 0.5) is 0 Å². The third-order valence-electron chi connectivity index (χ3n) is 7.40. The van der Waals surface area contributed by atoms with Crippen molar-refractivity contribution in [2.24, 2.45) is 0 Å². The molecular weight excluding hydrogens is 538 g/mol. The summed E-state index contributed by atoms with van der Waals surface area (Å²) < 4.78 is 2.31. The molecule has 0 saturated heterocycles. The van der Waals surface area contributed by atoms with Gasteiger partial charge in [-0.2, -0.15) is 0 Å². The zero-order valence-electron chi connectivity index (χ0n) is 24.2. The number of hydrogen-bond donors (Lipinski definition) is 2. The molecule has 4 aromatic carbocycles. The highest BCUT2D eigenvalue weighted by atomic mass is 16.4. The van der Waals surface area contributed by atoms with Crippen LogP contribution in [0.25, 0.3) is 22.6 Å². The van der Waals surface area contributed by atoms with E-state index < -0.39 is 11.9 Å². The highest BCUT2D eigenvalue weighted by Crippen LogP contribution is 2.32. The molecule has 0 aliphatic rings. The molecule has 7 nitrogen and oxygen atoms in total. The standard InChI is InChI=1S/C36H35N3O4/c1-2-3-19-39-32(33(28-15-9-5-10-16-28)37-34(39)29-17-11-6-12-18-29)25-38(23-26-13-7-4-8-14-26)24-27-20-30(35(40)41)22-31(21-27)36(42)43/h4-18,20-22H,2-3,19,23-25H2,1H3,(H,40,41)(H,42,43). The first-order chi connectivity index (χ1) is 20.9. The second-order valence-electron chi connectivity index (χ2n) is 10.6. The van der Waals surface area contributed by atoms with Crippen molar-refractivity contribution in [1.29, 1.82) is 0 Å². The van der Waals surface area contributed by atoms with Crippen LogP contribution in [0, 0.1) is 0 Å². The Hall–Kier alpha value is -5.01. The molecule has 0 atom stereocenters. The molecule has 2 N–H and O–H groups in total. The Bertz CT molecular complexity index is 1650. The van der Waals surface area contributed by atoms with Gasteiger partial charge in [0.05, 0.1) is 22.5 Å². The summed E-state index contributed by atoms with van der Waals surface area (Å²) in [5.74, 6) is -1.41. The van der Waals surface area contributed by atoms with Crippen molar-refractivity contribution >= 4 is 11.9 Å². The minimum absolute atomic E-state index is 0.0427. The second-order valence-corrected chi connectivity index (χ2v) is 10.6. The topological polar surface area (TPSA) is 95.7 Å². The van der Waals surface area contributed by atoms with Crippen LogP contribution in [0.3, 0.4) is 0 Å². The van der Waals surface area contributed by atoms with Gasteiger partial charge in [-0.25, -0.2) is 14.6 Å². The van der Waals surface area contributed by atoms with Crippen LogP contribution in [0.15, 0.2) is 109 Å². The molecule has 1 aromatic heterocycles. The Labute approximate surface area is 251 Å². The second kappa shape index (κ2) is 13.8. The lowest BCUT2D eigenvalue weighted by Crippen LogP contribution is -2.25. The molecule has 5 aromatic rings. The number of carbonyl (C=O) groups is 2. The third kappa shape index (κ3) is 7.26. The first-order valence-corrected chi connectivity index (χ1v) is 14.5. The van der Waals surface area contributed by atoms with Gasteiger partial charge in [-0.15, -0.1) is 0 Å². The predicted octanol–water partition coefficient (Wildman–Crippen LogP) is 7.62. The lowest BCUT2D eigenvalue weighted by molar-refractivity contribution is 0.0696. The van der Waals surface area contributed by atoms with E-state index in [1.165, 1.54) is 6.07 Å². The molecule has 1 heterocycles. The average molecular weight is 574 g/mol. The molecular formula is C36H35N3O4. The van der Waals surface area contributed by atoms with Gasteiger partial charge in [-0.1, -0.05) is 104 Å². The molecule has 0 saturated carbocycles. The van der Waals surface area contributed by atoms with Crippen molar-refractivity contribution < 1.29 is 19.8 Å². The number of carboxylic acid groups (broad SMARTS) is 2. The quantitative estimate of drug-likeness (QED) is 0.150. The average Bonchev–Trinajstić information content (AvgIpc) is 3.38. The number of benzene rings is 4. The van der Waals surface area contributed by atoms with Crippen LogP contribution in [0.1, 0.15) is 57.3 Å². The van der Waals surface area contributed by atoms with Crippen molar-refractivity contribution in [2.75, 3.05) is 0 Å². The van der Waals surface area contributed by atoms with Gasteiger partial charge < -0.3 is 14.8 Å². The number of imidazole rings is 1. The molecule has 0 amide bonds. The van der Waals surface area contributed by atoms with Gasteiger partial charge in [0.2, 0.25) is 0 Å². The van der Waals surface area contributed by atoms with Crippen LogP contribution < -0.4 is 0 Å². The van der Waals surface area contributed by atoms with Crippen molar-refractivity contribution in [3.63, 3.8) is 0 Å². The normalized spacial score (nSPS) is 11.1.